The summed E-state index contributed by atoms with van der Waals surface area (Å²) in [6, 6.07) is 16.5. The quantitative estimate of drug-likeness (QED) is 0.437. The zero-order valence-electron chi connectivity index (χ0n) is 21.3. The molecule has 198 valence electrons. The number of carbonyl (C=O) groups excluding carboxylic acids is 2. The van der Waals surface area contributed by atoms with Gasteiger partial charge in [0.25, 0.3) is 0 Å². The van der Waals surface area contributed by atoms with Crippen molar-refractivity contribution in [1.82, 2.24) is 5.32 Å². The average Bonchev–Trinajstić information content (AvgIpc) is 3.64. The van der Waals surface area contributed by atoms with Crippen LogP contribution in [0.4, 0.5) is 20.6 Å². The maximum absolute atomic E-state index is 14.1. The second kappa shape index (κ2) is 10.2. The van der Waals surface area contributed by atoms with Crippen molar-refractivity contribution in [2.45, 2.75) is 43.9 Å². The molecule has 1 aliphatic heterocycles. The molecule has 0 unspecified atom stereocenters. The van der Waals surface area contributed by atoms with Gasteiger partial charge in [-0.15, -0.1) is 0 Å². The van der Waals surface area contributed by atoms with Crippen LogP contribution in [0.1, 0.15) is 41.9 Å². The molecule has 2 N–H and O–H groups in total. The van der Waals surface area contributed by atoms with Crippen molar-refractivity contribution >= 4 is 33.2 Å². The summed E-state index contributed by atoms with van der Waals surface area (Å²) < 4.78 is 38.1. The zero-order valence-corrected chi connectivity index (χ0v) is 22.1. The minimum atomic E-state index is -3.20. The Morgan fingerprint density at radius 2 is 1.82 bits per heavy atom. The van der Waals surface area contributed by atoms with Crippen molar-refractivity contribution in [3.05, 3.63) is 83.2 Å². The normalized spacial score (nSPS) is 17.5. The lowest BCUT2D eigenvalue weighted by atomic mass is 9.96. The van der Waals surface area contributed by atoms with E-state index in [0.29, 0.717) is 18.9 Å². The zero-order chi connectivity index (χ0) is 27.0. The van der Waals surface area contributed by atoms with E-state index in [1.165, 1.54) is 18.4 Å². The maximum atomic E-state index is 14.1. The van der Waals surface area contributed by atoms with Gasteiger partial charge in [0.15, 0.2) is 9.84 Å². The topological polar surface area (TPSA) is 95.6 Å². The molecule has 0 radical (unpaired) electrons. The molecule has 0 bridgehead atoms. The van der Waals surface area contributed by atoms with Crippen LogP contribution in [0.15, 0.2) is 60.7 Å². The van der Waals surface area contributed by atoms with Crippen LogP contribution in [0.25, 0.3) is 11.1 Å². The fraction of sp³-hybridized carbons (Fsp3) is 0.310. The van der Waals surface area contributed by atoms with Crippen LogP contribution in [0.3, 0.4) is 0 Å². The van der Waals surface area contributed by atoms with Gasteiger partial charge in [0.2, 0.25) is 5.91 Å². The van der Waals surface area contributed by atoms with Gasteiger partial charge in [-0.2, -0.15) is 0 Å². The number of amides is 3. The van der Waals surface area contributed by atoms with E-state index in [1.54, 1.807) is 17.9 Å². The molecular weight excluding hydrogens is 505 g/mol. The Hall–Kier alpha value is -3.72. The van der Waals surface area contributed by atoms with E-state index in [0.717, 1.165) is 46.3 Å². The number of hydrogen-bond acceptors (Lipinski definition) is 4. The fourth-order valence-electron chi connectivity index (χ4n) is 4.99. The predicted molar refractivity (Wildman–Crippen MR) is 146 cm³/mol. The predicted octanol–water partition coefficient (Wildman–Crippen LogP) is 5.15. The van der Waals surface area contributed by atoms with E-state index >= 15 is 0 Å². The third-order valence-corrected chi connectivity index (χ3v) is 7.80. The van der Waals surface area contributed by atoms with E-state index in [1.807, 2.05) is 36.4 Å². The van der Waals surface area contributed by atoms with Crippen molar-refractivity contribution in [2.75, 3.05) is 23.0 Å². The van der Waals surface area contributed by atoms with E-state index in [-0.39, 0.29) is 17.3 Å². The van der Waals surface area contributed by atoms with Crippen LogP contribution in [0, 0.1) is 12.7 Å². The lowest BCUT2D eigenvalue weighted by molar-refractivity contribution is -0.118. The number of urea groups is 1. The van der Waals surface area contributed by atoms with Gasteiger partial charge < -0.3 is 15.5 Å². The fourth-order valence-corrected chi connectivity index (χ4v) is 5.81. The molecule has 38 heavy (non-hydrogen) atoms. The number of rotatable bonds is 7. The van der Waals surface area contributed by atoms with Gasteiger partial charge in [-0.1, -0.05) is 36.4 Å². The third-order valence-electron chi connectivity index (χ3n) is 6.97. The van der Waals surface area contributed by atoms with Gasteiger partial charge in [0.05, 0.1) is 11.4 Å². The van der Waals surface area contributed by atoms with Gasteiger partial charge in [-0.25, -0.2) is 17.6 Å². The molecular formula is C29H30FN3O4S. The number of halogens is 1. The largest absolute Gasteiger partial charge is 0.326 e. The molecule has 7 nitrogen and oxygen atoms in total. The monoisotopic (exact) mass is 535 g/mol. The molecule has 1 aliphatic carbocycles. The SMILES string of the molecule is Cc1ccc(NC(=O)N[C@@H]2CCN(c3ccc(-c4ccccc4CS(C)(=O)=O)cc3C3CC3)C2=O)c(F)c1. The number of hydrogen-bond donors (Lipinski definition) is 2. The summed E-state index contributed by atoms with van der Waals surface area (Å²) in [6.07, 6.45) is 3.71. The summed E-state index contributed by atoms with van der Waals surface area (Å²) in [5.41, 5.74) is 5.18. The van der Waals surface area contributed by atoms with Crippen LogP contribution in [0.5, 0.6) is 0 Å². The molecule has 1 saturated heterocycles. The summed E-state index contributed by atoms with van der Waals surface area (Å²) in [7, 11) is -3.20. The van der Waals surface area contributed by atoms with Crippen molar-refractivity contribution < 1.29 is 22.4 Å². The summed E-state index contributed by atoms with van der Waals surface area (Å²) >= 11 is 0. The summed E-state index contributed by atoms with van der Waals surface area (Å²) in [5.74, 6) is -0.459. The molecule has 0 aromatic heterocycles. The summed E-state index contributed by atoms with van der Waals surface area (Å²) in [5, 5.41) is 5.17. The van der Waals surface area contributed by atoms with Crippen LogP contribution in [-0.4, -0.2) is 39.2 Å². The lowest BCUT2D eigenvalue weighted by Crippen LogP contribution is -2.43. The molecule has 3 aromatic carbocycles. The Labute approximate surface area is 222 Å². The number of nitrogens with one attached hydrogen (secondary N) is 2. The standard InChI is InChI=1S/C29H30FN3O4S/c1-18-7-11-25(24(30)15-18)31-29(35)32-26-13-14-33(28(26)34)27-12-10-20(16-23(27)19-8-9-19)22-6-4-3-5-21(22)17-38(2,36)37/h3-7,10-12,15-16,19,26H,8-9,13-14,17H2,1-2H3,(H2,31,32,35)/t26-/m1/s1. The summed E-state index contributed by atoms with van der Waals surface area (Å²) in [6.45, 7) is 2.21. The van der Waals surface area contributed by atoms with Crippen LogP contribution < -0.4 is 15.5 Å². The maximum Gasteiger partial charge on any atom is 0.319 e. The highest BCUT2D eigenvalue weighted by atomic mass is 32.2. The van der Waals surface area contributed by atoms with Crippen LogP contribution in [-0.2, 0) is 20.4 Å². The van der Waals surface area contributed by atoms with Gasteiger partial charge >= 0.3 is 6.03 Å². The Morgan fingerprint density at radius 3 is 2.53 bits per heavy atom. The Balaban J connectivity index is 1.35. The third kappa shape index (κ3) is 5.72. The van der Waals surface area contributed by atoms with Gasteiger partial charge in [-0.05, 0) is 84.2 Å². The first-order valence-electron chi connectivity index (χ1n) is 12.6. The highest BCUT2D eigenvalue weighted by molar-refractivity contribution is 7.89. The van der Waals surface area contributed by atoms with Gasteiger partial charge in [0.1, 0.15) is 11.9 Å². The molecule has 2 aliphatic rings. The van der Waals surface area contributed by atoms with Crippen LogP contribution in [0.2, 0.25) is 0 Å². The first-order valence-corrected chi connectivity index (χ1v) is 14.7. The Morgan fingerprint density at radius 1 is 1.05 bits per heavy atom. The summed E-state index contributed by atoms with van der Waals surface area (Å²) in [4.78, 5) is 27.5. The molecule has 0 spiro atoms. The van der Waals surface area contributed by atoms with Crippen LogP contribution >= 0.6 is 0 Å². The minimum Gasteiger partial charge on any atom is -0.326 e. The van der Waals surface area contributed by atoms with Gasteiger partial charge in [0, 0.05) is 18.5 Å². The van der Waals surface area contributed by atoms with E-state index in [4.69, 9.17) is 0 Å². The molecule has 3 aromatic rings. The molecule has 1 saturated carbocycles. The van der Waals surface area contributed by atoms with Crippen molar-refractivity contribution in [3.63, 3.8) is 0 Å². The first-order chi connectivity index (χ1) is 18.1. The number of sulfone groups is 1. The lowest BCUT2D eigenvalue weighted by Gasteiger charge is -2.22. The number of carbonyl (C=O) groups is 2. The molecule has 9 heteroatoms. The van der Waals surface area contributed by atoms with Gasteiger partial charge in [-0.3, -0.25) is 4.79 Å². The number of nitrogens with zero attached hydrogens (tertiary/aromatic N) is 1. The number of aryl methyl sites for hydroxylation is 1. The van der Waals surface area contributed by atoms with Crippen molar-refractivity contribution in [1.29, 1.82) is 0 Å². The second-order valence-electron chi connectivity index (χ2n) is 10.2. The Kier molecular flexibility index (Phi) is 6.96. The van der Waals surface area contributed by atoms with E-state index in [2.05, 4.69) is 16.7 Å². The van der Waals surface area contributed by atoms with E-state index in [9.17, 15) is 22.4 Å². The highest BCUT2D eigenvalue weighted by Gasteiger charge is 2.37. The van der Waals surface area contributed by atoms with Crippen molar-refractivity contribution in [3.8, 4) is 11.1 Å². The molecule has 5 rings (SSSR count). The molecule has 1 atom stereocenters. The van der Waals surface area contributed by atoms with E-state index < -0.39 is 27.7 Å². The first kappa shape index (κ1) is 25.9. The smallest absolute Gasteiger partial charge is 0.319 e. The minimum absolute atomic E-state index is 0.0454. The highest BCUT2D eigenvalue weighted by Crippen LogP contribution is 2.46. The Bertz CT molecular complexity index is 1520. The number of benzene rings is 3. The number of anilines is 2. The second-order valence-corrected chi connectivity index (χ2v) is 12.3. The molecule has 1 heterocycles. The average molecular weight is 536 g/mol. The van der Waals surface area contributed by atoms with Crippen molar-refractivity contribution in [2.24, 2.45) is 0 Å². The molecule has 3 amide bonds. The molecule has 2 fully saturated rings.